The molecule has 0 aliphatic carbocycles. The van der Waals surface area contributed by atoms with E-state index >= 15 is 0 Å². The number of furan rings is 1. The zero-order valence-corrected chi connectivity index (χ0v) is 19.8. The number of rotatable bonds is 1. The van der Waals surface area contributed by atoms with Gasteiger partial charge in [0.2, 0.25) is 0 Å². The van der Waals surface area contributed by atoms with E-state index in [1.807, 2.05) is 47.3 Å². The van der Waals surface area contributed by atoms with Gasteiger partial charge in [-0.1, -0.05) is 59.7 Å². The number of aromatic nitrogens is 3. The zero-order chi connectivity index (χ0) is 22.8. The number of para-hydroxylation sites is 1. The summed E-state index contributed by atoms with van der Waals surface area (Å²) in [6.07, 6.45) is 9.93. The molecule has 5 heteroatoms. The van der Waals surface area contributed by atoms with E-state index in [9.17, 15) is 0 Å². The Labute approximate surface area is 182 Å². The van der Waals surface area contributed by atoms with Crippen LogP contribution in [0.4, 0.5) is 0 Å². The van der Waals surface area contributed by atoms with E-state index in [1.165, 1.54) is 12.7 Å². The van der Waals surface area contributed by atoms with Crippen LogP contribution in [0, 0.1) is 11.8 Å². The van der Waals surface area contributed by atoms with Gasteiger partial charge < -0.3 is 8.83 Å². The lowest BCUT2D eigenvalue weighted by molar-refractivity contribution is 0.532. The number of hydrogen-bond donors (Lipinski definition) is 0. The van der Waals surface area contributed by atoms with E-state index in [0.29, 0.717) is 6.04 Å². The van der Waals surface area contributed by atoms with Crippen molar-refractivity contribution in [3.05, 3.63) is 73.9 Å². The highest BCUT2D eigenvalue weighted by molar-refractivity contribution is 5.76. The van der Waals surface area contributed by atoms with Crippen LogP contribution in [0.5, 0.6) is 0 Å². The molecule has 4 aromatic rings. The van der Waals surface area contributed by atoms with Crippen molar-refractivity contribution in [3.8, 4) is 0 Å². The Morgan fingerprint density at radius 2 is 1.40 bits per heavy atom. The fourth-order valence-corrected chi connectivity index (χ4v) is 1.67. The maximum Gasteiger partial charge on any atom is 0.180 e. The Morgan fingerprint density at radius 3 is 1.77 bits per heavy atom. The highest BCUT2D eigenvalue weighted by atomic mass is 16.3. The molecule has 0 aliphatic rings. The molecule has 0 atom stereocenters. The lowest BCUT2D eigenvalue weighted by atomic mass is 10.3. The molecule has 0 unspecified atom stereocenters. The van der Waals surface area contributed by atoms with Crippen LogP contribution >= 0.6 is 0 Å². The molecule has 0 spiro atoms. The predicted octanol–water partition coefficient (Wildman–Crippen LogP) is 7.90. The summed E-state index contributed by atoms with van der Waals surface area (Å²) in [5.74, 6) is 1.67. The second kappa shape index (κ2) is 17.1. The van der Waals surface area contributed by atoms with Crippen molar-refractivity contribution in [1.29, 1.82) is 0 Å². The van der Waals surface area contributed by atoms with Gasteiger partial charge in [0.05, 0.1) is 12.5 Å². The first-order valence-corrected chi connectivity index (χ1v) is 10.5. The van der Waals surface area contributed by atoms with Crippen molar-refractivity contribution < 1.29 is 8.83 Å². The zero-order valence-electron chi connectivity index (χ0n) is 19.8. The summed E-state index contributed by atoms with van der Waals surface area (Å²) in [4.78, 5) is 3.56. The maximum absolute atomic E-state index is 5.12. The number of nitrogens with zero attached hydrogens (tertiary/aromatic N) is 3. The minimum atomic E-state index is 0.491. The predicted molar refractivity (Wildman–Crippen MR) is 126 cm³/mol. The Morgan fingerprint density at radius 1 is 0.767 bits per heavy atom. The summed E-state index contributed by atoms with van der Waals surface area (Å²) < 4.78 is 11.5. The molecule has 3 aromatic heterocycles. The fourth-order valence-electron chi connectivity index (χ4n) is 1.67. The molecule has 5 nitrogen and oxygen atoms in total. The van der Waals surface area contributed by atoms with Crippen LogP contribution < -0.4 is 0 Å². The summed E-state index contributed by atoms with van der Waals surface area (Å²) in [5.41, 5.74) is 0.956. The van der Waals surface area contributed by atoms with Gasteiger partial charge in [0.15, 0.2) is 6.39 Å². The van der Waals surface area contributed by atoms with Crippen molar-refractivity contribution in [3.63, 3.8) is 0 Å². The summed E-state index contributed by atoms with van der Waals surface area (Å²) >= 11 is 0. The monoisotopic (exact) mass is 413 g/mol. The summed E-state index contributed by atoms with van der Waals surface area (Å²) in [5, 5.41) is 5.20. The third kappa shape index (κ3) is 16.2. The highest BCUT2D eigenvalue weighted by Crippen LogP contribution is 2.12. The normalized spacial score (nSPS) is 9.57. The molecular weight excluding hydrogens is 374 g/mol. The van der Waals surface area contributed by atoms with E-state index in [-0.39, 0.29) is 0 Å². The number of hydrogen-bond acceptors (Lipinski definition) is 4. The molecule has 1 aromatic carbocycles. The van der Waals surface area contributed by atoms with E-state index in [0.717, 1.165) is 22.8 Å². The Balaban J connectivity index is 0.000000368. The van der Waals surface area contributed by atoms with Crippen LogP contribution in [0.15, 0.2) is 82.7 Å². The summed E-state index contributed by atoms with van der Waals surface area (Å²) in [6, 6.07) is 12.3. The Bertz CT molecular complexity index is 758. The van der Waals surface area contributed by atoms with Gasteiger partial charge in [0.1, 0.15) is 11.8 Å². The molecule has 0 amide bonds. The molecule has 3 heterocycles. The molecule has 0 bridgehead atoms. The van der Waals surface area contributed by atoms with Gasteiger partial charge in [-0.2, -0.15) is 5.10 Å². The van der Waals surface area contributed by atoms with Crippen molar-refractivity contribution >= 4 is 11.0 Å². The highest BCUT2D eigenvalue weighted by Gasteiger charge is 1.91. The minimum absolute atomic E-state index is 0.491. The second-order valence-corrected chi connectivity index (χ2v) is 8.18. The smallest absolute Gasteiger partial charge is 0.180 e. The first kappa shape index (κ1) is 27.2. The maximum atomic E-state index is 5.12. The Kier molecular flexibility index (Phi) is 15.5. The van der Waals surface area contributed by atoms with Gasteiger partial charge in [-0.15, -0.1) is 0 Å². The van der Waals surface area contributed by atoms with Gasteiger partial charge in [0, 0.05) is 23.8 Å². The molecule has 30 heavy (non-hydrogen) atoms. The first-order valence-electron chi connectivity index (χ1n) is 10.5. The molecule has 0 saturated carbocycles. The third-order valence-corrected chi connectivity index (χ3v) is 2.76. The average molecular weight is 414 g/mol. The summed E-state index contributed by atoms with van der Waals surface area (Å²) in [6.45, 7) is 17.2. The lowest BCUT2D eigenvalue weighted by Gasteiger charge is -2.01. The quantitative estimate of drug-likeness (QED) is 0.318. The largest absolute Gasteiger partial charge is 0.464 e. The number of fused-ring (bicyclic) bond motifs is 1. The standard InChI is InChI=1S/C8H6O.C6H10N2.2C4H10.C3H3NO/c1-2-4-8-7(3-1)5-6-9-8;1-6(2)8-5-3-4-7-8;2*1-4(2)3;1-2-5-3-4-1/h1-6H;3-6H,1-2H3;2*4H,1-3H3;1-3H. The van der Waals surface area contributed by atoms with Gasteiger partial charge in [-0.25, -0.2) is 4.98 Å². The number of oxazole rings is 1. The van der Waals surface area contributed by atoms with Crippen molar-refractivity contribution in [1.82, 2.24) is 14.8 Å². The fraction of sp³-hybridized carbons (Fsp3) is 0.440. The Hall–Kier alpha value is -2.82. The average Bonchev–Trinajstić information content (AvgIpc) is 3.45. The van der Waals surface area contributed by atoms with E-state index in [2.05, 4.69) is 69.9 Å². The molecule has 0 radical (unpaired) electrons. The van der Waals surface area contributed by atoms with Crippen LogP contribution in [-0.2, 0) is 0 Å². The van der Waals surface area contributed by atoms with Crippen LogP contribution in [0.3, 0.4) is 0 Å². The van der Waals surface area contributed by atoms with Crippen LogP contribution in [-0.4, -0.2) is 14.8 Å². The van der Waals surface area contributed by atoms with Crippen LogP contribution in [0.1, 0.15) is 61.4 Å². The minimum Gasteiger partial charge on any atom is -0.464 e. The lowest BCUT2D eigenvalue weighted by Crippen LogP contribution is -1.99. The van der Waals surface area contributed by atoms with Crippen LogP contribution in [0.25, 0.3) is 11.0 Å². The van der Waals surface area contributed by atoms with E-state index < -0.39 is 0 Å². The SMILES string of the molecule is CC(C)C.CC(C)C.CC(C)n1cccn1.c1ccc2occc2c1.c1cocn1. The van der Waals surface area contributed by atoms with Gasteiger partial charge >= 0.3 is 0 Å². The topological polar surface area (TPSA) is 57.0 Å². The van der Waals surface area contributed by atoms with Crippen molar-refractivity contribution in [2.45, 2.75) is 61.4 Å². The van der Waals surface area contributed by atoms with Gasteiger partial charge in [-0.3, -0.25) is 4.68 Å². The molecule has 0 saturated heterocycles. The molecule has 0 aliphatic heterocycles. The summed E-state index contributed by atoms with van der Waals surface area (Å²) in [7, 11) is 0. The molecule has 4 rings (SSSR count). The molecule has 0 fully saturated rings. The van der Waals surface area contributed by atoms with Crippen LogP contribution in [0.2, 0.25) is 0 Å². The van der Waals surface area contributed by atoms with Crippen molar-refractivity contribution in [2.24, 2.45) is 11.8 Å². The third-order valence-electron chi connectivity index (χ3n) is 2.76. The first-order chi connectivity index (χ1) is 14.2. The molecular formula is C25H39N3O2. The van der Waals surface area contributed by atoms with E-state index in [4.69, 9.17) is 4.42 Å². The number of benzene rings is 1. The molecule has 0 N–H and O–H groups in total. The van der Waals surface area contributed by atoms with Gasteiger partial charge in [0.25, 0.3) is 0 Å². The van der Waals surface area contributed by atoms with Crippen molar-refractivity contribution in [2.75, 3.05) is 0 Å². The van der Waals surface area contributed by atoms with Gasteiger partial charge in [-0.05, 0) is 43.9 Å². The van der Waals surface area contributed by atoms with E-state index in [1.54, 1.807) is 18.7 Å². The molecule has 166 valence electrons. The second-order valence-electron chi connectivity index (χ2n) is 8.18.